The van der Waals surface area contributed by atoms with Crippen LogP contribution in [-0.2, 0) is 57.2 Å². The van der Waals surface area contributed by atoms with E-state index in [1.165, 1.54) is 35.6 Å². The van der Waals surface area contributed by atoms with E-state index in [9.17, 15) is 33.6 Å². The molecule has 1 heterocycles. The van der Waals surface area contributed by atoms with Gasteiger partial charge in [-0.3, -0.25) is 14.5 Å². The Morgan fingerprint density at radius 1 is 0.618 bits per heavy atom. The summed E-state index contributed by atoms with van der Waals surface area (Å²) in [4.78, 5) is 75.8. The predicted octanol–water partition coefficient (Wildman–Crippen LogP) is 7.23. The molecule has 0 N–H and O–H groups in total. The second-order valence-corrected chi connectivity index (χ2v) is 10.9. The van der Waals surface area contributed by atoms with E-state index in [-0.39, 0.29) is 49.6 Å². The Kier molecular flexibility index (Phi) is 36.3. The fourth-order valence-corrected chi connectivity index (χ4v) is 3.19. The van der Waals surface area contributed by atoms with Gasteiger partial charge in [0, 0.05) is 47.1 Å². The molecule has 0 aromatic rings. The number of hydrogen-bond acceptors (Lipinski definition) is 12. The number of hydrogen-bond donors (Lipinski definition) is 0. The maximum atomic E-state index is 11.3. The minimum absolute atomic E-state index is 0.128. The highest BCUT2D eigenvalue weighted by Crippen LogP contribution is 2.24. The van der Waals surface area contributed by atoms with Crippen molar-refractivity contribution >= 4 is 41.7 Å². The van der Waals surface area contributed by atoms with Crippen LogP contribution in [0, 0.1) is 0 Å². The molecule has 302 valence electrons. The SMILES string of the molecule is C=C(C)COC(=O)C(=C)C.C=CCOC(=O)C(=C)C.C=CCOC(=O)C=C.C=COC(=O)C(=C)C.C=COC(=O)C=C.O=C1C=CC(=O)N1C1CCCCC1. The molecule has 0 aromatic heterocycles. The Morgan fingerprint density at radius 2 is 1.04 bits per heavy atom. The summed E-state index contributed by atoms with van der Waals surface area (Å²) in [6.45, 7) is 40.6. The number of rotatable bonds is 14. The normalized spacial score (nSPS) is 11.7. The Morgan fingerprint density at radius 3 is 1.36 bits per heavy atom. The Labute approximate surface area is 326 Å². The molecule has 1 saturated carbocycles. The average Bonchev–Trinajstić information content (AvgIpc) is 3.50. The third-order valence-electron chi connectivity index (χ3n) is 5.68. The van der Waals surface area contributed by atoms with Crippen LogP contribution in [0.3, 0.4) is 0 Å². The molecule has 1 fully saturated rings. The van der Waals surface area contributed by atoms with Crippen molar-refractivity contribution in [3.05, 3.63) is 137 Å². The molecule has 2 amide bonds. The second kappa shape index (κ2) is 36.0. The average molecular weight is 768 g/mol. The van der Waals surface area contributed by atoms with Gasteiger partial charge < -0.3 is 23.7 Å². The quantitative estimate of drug-likeness (QED) is 0.0435. The van der Waals surface area contributed by atoms with Gasteiger partial charge in [-0.2, -0.15) is 0 Å². The molecule has 0 saturated heterocycles. The molecule has 13 heteroatoms. The Bertz CT molecular complexity index is 1420. The van der Waals surface area contributed by atoms with E-state index in [0.717, 1.165) is 55.9 Å². The van der Waals surface area contributed by atoms with Gasteiger partial charge in [-0.15, -0.1) is 0 Å². The van der Waals surface area contributed by atoms with Crippen LogP contribution in [-0.4, -0.2) is 72.4 Å². The van der Waals surface area contributed by atoms with Crippen LogP contribution in [0.1, 0.15) is 59.8 Å². The molecule has 2 rings (SSSR count). The molecular formula is C42H57NO12. The van der Waals surface area contributed by atoms with Gasteiger partial charge in [-0.25, -0.2) is 24.0 Å². The number of carbonyl (C=O) groups excluding carboxylic acids is 7. The molecular weight excluding hydrogens is 710 g/mol. The van der Waals surface area contributed by atoms with E-state index in [0.29, 0.717) is 16.7 Å². The highest BCUT2D eigenvalue weighted by atomic mass is 16.5. The minimum atomic E-state index is -0.477. The summed E-state index contributed by atoms with van der Waals surface area (Å²) in [6.07, 6.45) is 15.6. The van der Waals surface area contributed by atoms with Gasteiger partial charge in [0.1, 0.15) is 19.8 Å². The van der Waals surface area contributed by atoms with Gasteiger partial charge in [0.25, 0.3) is 11.8 Å². The van der Waals surface area contributed by atoms with E-state index < -0.39 is 17.9 Å². The van der Waals surface area contributed by atoms with Crippen LogP contribution >= 0.6 is 0 Å². The van der Waals surface area contributed by atoms with E-state index in [1.54, 1.807) is 27.7 Å². The lowest BCUT2D eigenvalue weighted by Gasteiger charge is -2.29. The largest absolute Gasteiger partial charge is 0.458 e. The van der Waals surface area contributed by atoms with E-state index in [1.807, 2.05) is 0 Å². The van der Waals surface area contributed by atoms with Crippen LogP contribution in [0.2, 0.25) is 0 Å². The molecule has 1 aliphatic heterocycles. The van der Waals surface area contributed by atoms with Gasteiger partial charge in [-0.1, -0.05) is 97.2 Å². The number of esters is 5. The van der Waals surface area contributed by atoms with Gasteiger partial charge in [-0.05, 0) is 46.1 Å². The third-order valence-corrected chi connectivity index (χ3v) is 5.68. The van der Waals surface area contributed by atoms with E-state index in [2.05, 4.69) is 84.7 Å². The number of imide groups is 1. The standard InChI is InChI=1S/C10H13NO2.C8H12O2.C7H10O2.2C6H8O2.C5H6O2/c12-9-6-7-10(13)11(9)8-4-2-1-3-5-8;1-6(2)5-10-8(9)7(3)4;1-4-5-9-7(8)6(2)3;1-4-8-6(7)5(2)3;1-3-5-8-6(7)4-2;1-3-5(6)7-4-2/h6-8H,1-5H2;1,3,5H2,2,4H3;4H,1-2,5H2,3H3;4H,1-2H2,3H3;3-4H,1-2,5H2;3-4H,1-2H2. The fourth-order valence-electron chi connectivity index (χ4n) is 3.19. The van der Waals surface area contributed by atoms with E-state index >= 15 is 0 Å². The highest BCUT2D eigenvalue weighted by molar-refractivity contribution is 6.13. The smallest absolute Gasteiger partial charge is 0.337 e. The summed E-state index contributed by atoms with van der Waals surface area (Å²) >= 11 is 0. The predicted molar refractivity (Wildman–Crippen MR) is 213 cm³/mol. The van der Waals surface area contributed by atoms with Gasteiger partial charge in [0.05, 0.1) is 12.5 Å². The minimum Gasteiger partial charge on any atom is -0.458 e. The first-order valence-electron chi connectivity index (χ1n) is 16.6. The van der Waals surface area contributed by atoms with Crippen molar-refractivity contribution < 1.29 is 57.2 Å². The van der Waals surface area contributed by atoms with Crippen LogP contribution in [0.15, 0.2) is 137 Å². The van der Waals surface area contributed by atoms with Crippen LogP contribution in [0.25, 0.3) is 0 Å². The number of ether oxygens (including phenoxy) is 5. The first-order valence-corrected chi connectivity index (χ1v) is 16.6. The Hall–Kier alpha value is -6.37. The van der Waals surface area contributed by atoms with Crippen LogP contribution < -0.4 is 0 Å². The van der Waals surface area contributed by atoms with Crippen molar-refractivity contribution in [2.75, 3.05) is 19.8 Å². The zero-order valence-electron chi connectivity index (χ0n) is 32.8. The lowest BCUT2D eigenvalue weighted by molar-refractivity contribution is -0.141. The molecule has 0 bridgehead atoms. The van der Waals surface area contributed by atoms with Crippen molar-refractivity contribution in [2.24, 2.45) is 0 Å². The first-order chi connectivity index (χ1) is 25.8. The number of nitrogens with zero attached hydrogens (tertiary/aromatic N) is 1. The Balaban J connectivity index is -0.000000288. The molecule has 13 nitrogen and oxygen atoms in total. The first kappa shape index (κ1) is 55.4. The highest BCUT2D eigenvalue weighted by Gasteiger charge is 2.31. The summed E-state index contributed by atoms with van der Waals surface area (Å²) in [5.74, 6) is -2.30. The summed E-state index contributed by atoms with van der Waals surface area (Å²) in [5.41, 5.74) is 2.04. The second-order valence-electron chi connectivity index (χ2n) is 10.9. The maximum Gasteiger partial charge on any atom is 0.337 e. The molecule has 0 atom stereocenters. The van der Waals surface area contributed by atoms with Crippen LogP contribution in [0.5, 0.6) is 0 Å². The molecule has 0 spiro atoms. The molecule has 2 aliphatic rings. The summed E-state index contributed by atoms with van der Waals surface area (Å²) in [5, 5.41) is 0. The lowest BCUT2D eigenvalue weighted by Crippen LogP contribution is -2.41. The molecule has 0 unspecified atom stereocenters. The van der Waals surface area contributed by atoms with Crippen molar-refractivity contribution in [3.63, 3.8) is 0 Å². The zero-order valence-corrected chi connectivity index (χ0v) is 32.8. The van der Waals surface area contributed by atoms with Crippen LogP contribution in [0.4, 0.5) is 0 Å². The number of amides is 2. The number of carbonyl (C=O) groups is 7. The van der Waals surface area contributed by atoms with Crippen molar-refractivity contribution in [1.82, 2.24) is 4.90 Å². The molecule has 0 aromatic carbocycles. The van der Waals surface area contributed by atoms with Crippen molar-refractivity contribution in [3.8, 4) is 0 Å². The lowest BCUT2D eigenvalue weighted by atomic mass is 9.94. The monoisotopic (exact) mass is 767 g/mol. The molecule has 0 radical (unpaired) electrons. The van der Waals surface area contributed by atoms with E-state index in [4.69, 9.17) is 4.74 Å². The van der Waals surface area contributed by atoms with Crippen molar-refractivity contribution in [2.45, 2.75) is 65.8 Å². The molecule has 55 heavy (non-hydrogen) atoms. The summed E-state index contributed by atoms with van der Waals surface area (Å²) in [6, 6.07) is 0.170. The van der Waals surface area contributed by atoms with Crippen molar-refractivity contribution in [1.29, 1.82) is 0 Å². The van der Waals surface area contributed by atoms with Gasteiger partial charge in [0.2, 0.25) is 0 Å². The summed E-state index contributed by atoms with van der Waals surface area (Å²) in [7, 11) is 0. The summed E-state index contributed by atoms with van der Waals surface area (Å²) < 4.78 is 22.3. The third kappa shape index (κ3) is 34.5. The molecule has 1 aliphatic carbocycles. The topological polar surface area (TPSA) is 169 Å². The van der Waals surface area contributed by atoms with Gasteiger partial charge in [0.15, 0.2) is 0 Å². The van der Waals surface area contributed by atoms with Gasteiger partial charge >= 0.3 is 29.8 Å². The zero-order chi connectivity index (χ0) is 43.4. The fraction of sp³-hybridized carbons (Fsp3) is 0.310. The maximum absolute atomic E-state index is 11.3.